The first-order valence-corrected chi connectivity index (χ1v) is 11.1. The standard InChI is InChI=1S/C21H27FN4OS/c1-13-6-5-9-18(14(13)2)23-19(27)12-28-21-25-24-20(26(21)15-10-11-15)16-7-3-4-8-17(16)22/h3-4,7-8,13-15,18H,5-6,9-12H2,1-2H3,(H,23,27)/t13-,14-,18-/m1/s1. The Morgan fingerprint density at radius 1 is 1.21 bits per heavy atom. The zero-order chi connectivity index (χ0) is 19.7. The topological polar surface area (TPSA) is 59.8 Å². The van der Waals surface area contributed by atoms with Gasteiger partial charge in [0.15, 0.2) is 11.0 Å². The first kappa shape index (κ1) is 19.4. The molecule has 0 radical (unpaired) electrons. The van der Waals surface area contributed by atoms with Crippen LogP contribution in [0.2, 0.25) is 0 Å². The molecule has 1 amide bonds. The number of carbonyl (C=O) groups is 1. The molecule has 1 aromatic heterocycles. The van der Waals surface area contributed by atoms with Gasteiger partial charge in [-0.15, -0.1) is 10.2 Å². The van der Waals surface area contributed by atoms with E-state index in [4.69, 9.17) is 0 Å². The highest BCUT2D eigenvalue weighted by molar-refractivity contribution is 7.99. The summed E-state index contributed by atoms with van der Waals surface area (Å²) in [5, 5.41) is 12.4. The number of nitrogens with one attached hydrogen (secondary N) is 1. The molecule has 1 heterocycles. The molecule has 0 unspecified atom stereocenters. The van der Waals surface area contributed by atoms with E-state index in [1.165, 1.54) is 30.7 Å². The van der Waals surface area contributed by atoms with Gasteiger partial charge < -0.3 is 5.32 Å². The van der Waals surface area contributed by atoms with Crippen LogP contribution in [0.5, 0.6) is 0 Å². The number of amides is 1. The van der Waals surface area contributed by atoms with E-state index in [2.05, 4.69) is 29.4 Å². The van der Waals surface area contributed by atoms with Crippen molar-refractivity contribution in [2.24, 2.45) is 11.8 Å². The summed E-state index contributed by atoms with van der Waals surface area (Å²) < 4.78 is 16.2. The molecule has 1 N–H and O–H groups in total. The lowest BCUT2D eigenvalue weighted by molar-refractivity contribution is -0.120. The van der Waals surface area contributed by atoms with Gasteiger partial charge >= 0.3 is 0 Å². The number of hydrogen-bond acceptors (Lipinski definition) is 4. The van der Waals surface area contributed by atoms with Gasteiger partial charge in [-0.05, 0) is 43.2 Å². The van der Waals surface area contributed by atoms with Crippen molar-refractivity contribution in [3.8, 4) is 11.4 Å². The van der Waals surface area contributed by atoms with Gasteiger partial charge in [0, 0.05) is 12.1 Å². The van der Waals surface area contributed by atoms with Gasteiger partial charge in [-0.2, -0.15) is 0 Å². The molecule has 2 aromatic rings. The van der Waals surface area contributed by atoms with E-state index < -0.39 is 0 Å². The predicted molar refractivity (Wildman–Crippen MR) is 109 cm³/mol. The number of thioether (sulfide) groups is 1. The first-order valence-electron chi connectivity index (χ1n) is 10.2. The highest BCUT2D eigenvalue weighted by atomic mass is 32.2. The van der Waals surface area contributed by atoms with Crippen molar-refractivity contribution in [3.63, 3.8) is 0 Å². The van der Waals surface area contributed by atoms with Crippen LogP contribution < -0.4 is 5.32 Å². The van der Waals surface area contributed by atoms with E-state index in [9.17, 15) is 9.18 Å². The Bertz CT molecular complexity index is 851. The number of carbonyl (C=O) groups excluding carboxylic acids is 1. The third-order valence-corrected chi connectivity index (χ3v) is 7.02. The summed E-state index contributed by atoms with van der Waals surface area (Å²) in [4.78, 5) is 12.5. The highest BCUT2D eigenvalue weighted by Gasteiger charge is 2.32. The summed E-state index contributed by atoms with van der Waals surface area (Å²) in [7, 11) is 0. The third kappa shape index (κ3) is 4.09. The van der Waals surface area contributed by atoms with E-state index in [1.54, 1.807) is 18.2 Å². The smallest absolute Gasteiger partial charge is 0.230 e. The largest absolute Gasteiger partial charge is 0.352 e. The van der Waals surface area contributed by atoms with E-state index in [0.717, 1.165) is 19.3 Å². The molecule has 0 bridgehead atoms. The third-order valence-electron chi connectivity index (χ3n) is 6.08. The van der Waals surface area contributed by atoms with Crippen LogP contribution in [0.1, 0.15) is 52.0 Å². The van der Waals surface area contributed by atoms with Crippen molar-refractivity contribution in [3.05, 3.63) is 30.1 Å². The van der Waals surface area contributed by atoms with Gasteiger partial charge in [0.2, 0.25) is 5.91 Å². The lowest BCUT2D eigenvalue weighted by atomic mass is 9.78. The van der Waals surface area contributed by atoms with Gasteiger partial charge in [-0.1, -0.05) is 50.6 Å². The maximum Gasteiger partial charge on any atom is 0.230 e. The van der Waals surface area contributed by atoms with Gasteiger partial charge in [0.25, 0.3) is 0 Å². The monoisotopic (exact) mass is 402 g/mol. The fraction of sp³-hybridized carbons (Fsp3) is 0.571. The molecular formula is C21H27FN4OS. The normalized spacial score (nSPS) is 24.9. The Hall–Kier alpha value is -1.89. The van der Waals surface area contributed by atoms with Crippen LogP contribution in [-0.2, 0) is 4.79 Å². The molecule has 2 fully saturated rings. The average Bonchev–Trinajstić information content (AvgIpc) is 3.44. The minimum Gasteiger partial charge on any atom is -0.352 e. The molecule has 150 valence electrons. The Morgan fingerprint density at radius 2 is 2.00 bits per heavy atom. The molecule has 0 aliphatic heterocycles. The maximum atomic E-state index is 14.2. The summed E-state index contributed by atoms with van der Waals surface area (Å²) in [5.41, 5.74) is 0.461. The van der Waals surface area contributed by atoms with Crippen LogP contribution >= 0.6 is 11.8 Å². The van der Waals surface area contributed by atoms with E-state index >= 15 is 0 Å². The van der Waals surface area contributed by atoms with Crippen molar-refractivity contribution in [2.75, 3.05) is 5.75 Å². The summed E-state index contributed by atoms with van der Waals surface area (Å²) >= 11 is 1.39. The summed E-state index contributed by atoms with van der Waals surface area (Å²) in [6.45, 7) is 4.49. The number of halogens is 1. The van der Waals surface area contributed by atoms with Gasteiger partial charge in [0.05, 0.1) is 11.3 Å². The van der Waals surface area contributed by atoms with Crippen molar-refractivity contribution < 1.29 is 9.18 Å². The van der Waals surface area contributed by atoms with Crippen LogP contribution in [0.3, 0.4) is 0 Å². The zero-order valence-corrected chi connectivity index (χ0v) is 17.2. The fourth-order valence-corrected chi connectivity index (χ4v) is 4.84. The average molecular weight is 403 g/mol. The second-order valence-electron chi connectivity index (χ2n) is 8.12. The lowest BCUT2D eigenvalue weighted by Crippen LogP contribution is -2.44. The molecule has 7 heteroatoms. The maximum absolute atomic E-state index is 14.2. The van der Waals surface area contributed by atoms with Crippen LogP contribution in [0.15, 0.2) is 29.4 Å². The second-order valence-corrected chi connectivity index (χ2v) is 9.06. The van der Waals surface area contributed by atoms with Gasteiger partial charge in [0.1, 0.15) is 5.82 Å². The van der Waals surface area contributed by atoms with E-state index in [0.29, 0.717) is 40.2 Å². The molecular weight excluding hydrogens is 375 g/mol. The van der Waals surface area contributed by atoms with Crippen LogP contribution in [-0.4, -0.2) is 32.5 Å². The molecule has 2 saturated carbocycles. The van der Waals surface area contributed by atoms with Crippen LogP contribution in [0.25, 0.3) is 11.4 Å². The molecule has 5 nitrogen and oxygen atoms in total. The zero-order valence-electron chi connectivity index (χ0n) is 16.4. The van der Waals surface area contributed by atoms with E-state index in [-0.39, 0.29) is 17.8 Å². The Labute approximate surface area is 169 Å². The van der Waals surface area contributed by atoms with Gasteiger partial charge in [-0.25, -0.2) is 4.39 Å². The summed E-state index contributed by atoms with van der Waals surface area (Å²) in [6, 6.07) is 7.20. The van der Waals surface area contributed by atoms with Crippen LogP contribution in [0, 0.1) is 17.7 Å². The number of hydrogen-bond donors (Lipinski definition) is 1. The SMILES string of the molecule is C[C@@H]1[C@H](C)CCC[C@H]1NC(=O)CSc1nnc(-c2ccccc2F)n1C1CC1. The highest BCUT2D eigenvalue weighted by Crippen LogP contribution is 2.41. The van der Waals surface area contributed by atoms with Gasteiger partial charge in [-0.3, -0.25) is 9.36 Å². The molecule has 28 heavy (non-hydrogen) atoms. The summed E-state index contributed by atoms with van der Waals surface area (Å²) in [6.07, 6.45) is 5.54. The van der Waals surface area contributed by atoms with E-state index in [1.807, 2.05) is 4.57 Å². The quantitative estimate of drug-likeness (QED) is 0.725. The molecule has 0 saturated heterocycles. The molecule has 4 rings (SSSR count). The molecule has 2 aliphatic carbocycles. The van der Waals surface area contributed by atoms with Crippen molar-refractivity contribution in [1.82, 2.24) is 20.1 Å². The molecule has 2 aliphatic rings. The number of benzene rings is 1. The minimum atomic E-state index is -0.300. The van der Waals surface area contributed by atoms with Crippen LogP contribution in [0.4, 0.5) is 4.39 Å². The summed E-state index contributed by atoms with van der Waals surface area (Å²) in [5.74, 6) is 1.75. The number of aromatic nitrogens is 3. The Morgan fingerprint density at radius 3 is 2.75 bits per heavy atom. The fourth-order valence-electron chi connectivity index (χ4n) is 4.03. The Balaban J connectivity index is 1.44. The number of rotatable bonds is 6. The minimum absolute atomic E-state index is 0.0359. The second kappa shape index (κ2) is 8.23. The Kier molecular flexibility index (Phi) is 5.71. The van der Waals surface area contributed by atoms with Crippen molar-refractivity contribution in [1.29, 1.82) is 0 Å². The molecule has 3 atom stereocenters. The molecule has 1 aromatic carbocycles. The lowest BCUT2D eigenvalue weighted by Gasteiger charge is -2.34. The van der Waals surface area contributed by atoms with Crippen molar-refractivity contribution >= 4 is 17.7 Å². The van der Waals surface area contributed by atoms with Crippen molar-refractivity contribution in [2.45, 2.75) is 63.2 Å². The predicted octanol–water partition coefficient (Wildman–Crippen LogP) is 4.45. The number of nitrogens with zero attached hydrogens (tertiary/aromatic N) is 3. The first-order chi connectivity index (χ1) is 13.5. The molecule has 0 spiro atoms.